The van der Waals surface area contributed by atoms with Gasteiger partial charge in [0, 0.05) is 17.3 Å². The minimum Gasteiger partial charge on any atom is -0.494 e. The number of aromatic nitrogens is 5. The minimum absolute atomic E-state index is 0.218. The molecule has 0 bridgehead atoms. The lowest BCUT2D eigenvalue weighted by Crippen LogP contribution is -2.23. The fourth-order valence-electron chi connectivity index (χ4n) is 4.43. The van der Waals surface area contributed by atoms with Gasteiger partial charge in [-0.1, -0.05) is 54.7 Å². The van der Waals surface area contributed by atoms with Crippen LogP contribution in [0.4, 0.5) is 0 Å². The predicted molar refractivity (Wildman–Crippen MR) is 167 cm³/mol. The number of fused-ring (bicyclic) bond motifs is 1. The summed E-state index contributed by atoms with van der Waals surface area (Å²) in [6.45, 7) is 5.33. The second-order valence-corrected chi connectivity index (χ2v) is 10.5. The zero-order valence-corrected chi connectivity index (χ0v) is 24.1. The SMILES string of the molecule is CCCOc1ccc(/C=C/c2nc3s/c(=C\c4cn(-c5ccccc5)nc4-c4ccc(OCC)cc4)c(=O)n3n2)cc1. The first kappa shape index (κ1) is 27.2. The van der Waals surface area contributed by atoms with Crippen molar-refractivity contribution in [3.05, 3.63) is 117 Å². The van der Waals surface area contributed by atoms with Gasteiger partial charge in [-0.3, -0.25) is 4.79 Å². The number of hydrogen-bond donors (Lipinski definition) is 0. The van der Waals surface area contributed by atoms with Gasteiger partial charge in [-0.2, -0.15) is 14.6 Å². The van der Waals surface area contributed by atoms with E-state index in [4.69, 9.17) is 14.6 Å². The van der Waals surface area contributed by atoms with Crippen molar-refractivity contribution in [3.8, 4) is 28.4 Å². The van der Waals surface area contributed by atoms with Crippen LogP contribution in [0.2, 0.25) is 0 Å². The fraction of sp³-hybridized carbons (Fsp3) is 0.152. The van der Waals surface area contributed by atoms with E-state index in [1.165, 1.54) is 15.9 Å². The van der Waals surface area contributed by atoms with Crippen molar-refractivity contribution < 1.29 is 9.47 Å². The van der Waals surface area contributed by atoms with Crippen LogP contribution >= 0.6 is 11.3 Å². The first-order chi connectivity index (χ1) is 20.6. The largest absolute Gasteiger partial charge is 0.494 e. The molecule has 8 nitrogen and oxygen atoms in total. The molecule has 0 saturated carbocycles. The van der Waals surface area contributed by atoms with Crippen molar-refractivity contribution in [2.45, 2.75) is 20.3 Å². The summed E-state index contributed by atoms with van der Waals surface area (Å²) in [6.07, 6.45) is 8.48. The van der Waals surface area contributed by atoms with Gasteiger partial charge in [0.05, 0.1) is 23.4 Å². The second kappa shape index (κ2) is 12.2. The number of ether oxygens (including phenoxy) is 2. The molecule has 6 aromatic rings. The Balaban J connectivity index is 1.32. The molecular formula is C33H29N5O3S. The molecule has 3 heterocycles. The molecule has 6 rings (SSSR count). The van der Waals surface area contributed by atoms with E-state index in [0.717, 1.165) is 46.0 Å². The Morgan fingerprint density at radius 1 is 0.857 bits per heavy atom. The smallest absolute Gasteiger partial charge is 0.291 e. The van der Waals surface area contributed by atoms with Crippen LogP contribution in [-0.2, 0) is 0 Å². The third-order valence-electron chi connectivity index (χ3n) is 6.46. The van der Waals surface area contributed by atoms with Crippen molar-refractivity contribution in [2.75, 3.05) is 13.2 Å². The number of nitrogens with zero attached hydrogens (tertiary/aromatic N) is 5. The minimum atomic E-state index is -0.218. The van der Waals surface area contributed by atoms with Gasteiger partial charge in [0.2, 0.25) is 4.96 Å². The van der Waals surface area contributed by atoms with Crippen LogP contribution in [0.5, 0.6) is 11.5 Å². The fourth-order valence-corrected chi connectivity index (χ4v) is 5.34. The van der Waals surface area contributed by atoms with Crippen molar-refractivity contribution >= 4 is 34.5 Å². The maximum absolute atomic E-state index is 13.3. The molecule has 0 spiro atoms. The Labute approximate surface area is 246 Å². The van der Waals surface area contributed by atoms with E-state index in [-0.39, 0.29) is 5.56 Å². The summed E-state index contributed by atoms with van der Waals surface area (Å²) < 4.78 is 15.0. The summed E-state index contributed by atoms with van der Waals surface area (Å²) in [4.78, 5) is 18.5. The Bertz CT molecular complexity index is 1940. The monoisotopic (exact) mass is 575 g/mol. The van der Waals surface area contributed by atoms with Gasteiger partial charge < -0.3 is 9.47 Å². The third kappa shape index (κ3) is 5.87. The molecule has 3 aromatic heterocycles. The Morgan fingerprint density at radius 2 is 1.60 bits per heavy atom. The second-order valence-electron chi connectivity index (χ2n) is 9.50. The first-order valence-corrected chi connectivity index (χ1v) is 14.6. The lowest BCUT2D eigenvalue weighted by molar-refractivity contribution is 0.317. The van der Waals surface area contributed by atoms with Gasteiger partial charge in [-0.25, -0.2) is 4.68 Å². The van der Waals surface area contributed by atoms with Gasteiger partial charge in [0.1, 0.15) is 17.2 Å². The molecule has 210 valence electrons. The highest BCUT2D eigenvalue weighted by Crippen LogP contribution is 2.26. The van der Waals surface area contributed by atoms with Crippen LogP contribution in [0.25, 0.3) is 40.1 Å². The van der Waals surface area contributed by atoms with Crippen molar-refractivity contribution in [3.63, 3.8) is 0 Å². The maximum Gasteiger partial charge on any atom is 0.291 e. The van der Waals surface area contributed by atoms with E-state index in [1.54, 1.807) is 6.08 Å². The number of para-hydroxylation sites is 1. The molecule has 0 aliphatic heterocycles. The van der Waals surface area contributed by atoms with Crippen LogP contribution in [0, 0.1) is 0 Å². The molecule has 0 unspecified atom stereocenters. The standard InChI is InChI=1S/C33H29N5O3S/c1-3-20-41-28-15-10-23(11-16-28)12-19-30-34-33-38(35-30)32(39)29(42-33)21-25-22-37(26-8-6-5-7-9-26)36-31(25)24-13-17-27(18-14-24)40-4-2/h5-19,21-22H,3-4,20H2,1-2H3/b19-12+,29-21-. The highest BCUT2D eigenvalue weighted by Gasteiger charge is 2.14. The van der Waals surface area contributed by atoms with Crippen LogP contribution in [0.1, 0.15) is 37.2 Å². The Hall–Kier alpha value is -5.02. The summed E-state index contributed by atoms with van der Waals surface area (Å²) in [7, 11) is 0. The van der Waals surface area contributed by atoms with Crippen LogP contribution < -0.4 is 19.6 Å². The van der Waals surface area contributed by atoms with E-state index >= 15 is 0 Å². The van der Waals surface area contributed by atoms with Gasteiger partial charge in [0.15, 0.2) is 5.82 Å². The molecule has 9 heteroatoms. The number of benzene rings is 3. The van der Waals surface area contributed by atoms with Crippen molar-refractivity contribution in [2.24, 2.45) is 0 Å². The van der Waals surface area contributed by atoms with E-state index in [1.807, 2.05) is 109 Å². The van der Waals surface area contributed by atoms with Gasteiger partial charge in [0.25, 0.3) is 5.56 Å². The van der Waals surface area contributed by atoms with E-state index < -0.39 is 0 Å². The molecular weight excluding hydrogens is 546 g/mol. The van der Waals surface area contributed by atoms with E-state index in [0.29, 0.717) is 28.5 Å². The number of rotatable bonds is 10. The lowest BCUT2D eigenvalue weighted by Gasteiger charge is -2.04. The van der Waals surface area contributed by atoms with E-state index in [2.05, 4.69) is 17.0 Å². The average molecular weight is 576 g/mol. The topological polar surface area (TPSA) is 83.5 Å². The number of hydrogen-bond acceptors (Lipinski definition) is 7. The average Bonchev–Trinajstić information content (AvgIpc) is 3.71. The lowest BCUT2D eigenvalue weighted by atomic mass is 10.1. The molecule has 42 heavy (non-hydrogen) atoms. The number of thiazole rings is 1. The highest BCUT2D eigenvalue weighted by molar-refractivity contribution is 7.15. The van der Waals surface area contributed by atoms with Gasteiger partial charge in [-0.15, -0.1) is 5.10 Å². The molecule has 0 aliphatic carbocycles. The summed E-state index contributed by atoms with van der Waals surface area (Å²) in [5.41, 5.74) is 4.19. The summed E-state index contributed by atoms with van der Waals surface area (Å²) in [5, 5.41) is 9.32. The summed E-state index contributed by atoms with van der Waals surface area (Å²) in [6, 6.07) is 25.5. The maximum atomic E-state index is 13.3. The van der Waals surface area contributed by atoms with Crippen LogP contribution in [-0.4, -0.2) is 37.6 Å². The predicted octanol–water partition coefficient (Wildman–Crippen LogP) is 5.91. The van der Waals surface area contributed by atoms with Gasteiger partial charge in [-0.05, 0) is 79.6 Å². The van der Waals surface area contributed by atoms with Crippen molar-refractivity contribution in [1.29, 1.82) is 0 Å². The van der Waals surface area contributed by atoms with E-state index in [9.17, 15) is 4.79 Å². The molecule has 0 amide bonds. The molecule has 0 aliphatic rings. The molecule has 0 saturated heterocycles. The zero-order valence-electron chi connectivity index (χ0n) is 23.3. The molecule has 0 atom stereocenters. The molecule has 3 aromatic carbocycles. The van der Waals surface area contributed by atoms with Gasteiger partial charge >= 0.3 is 0 Å². The quantitative estimate of drug-likeness (QED) is 0.202. The highest BCUT2D eigenvalue weighted by atomic mass is 32.1. The third-order valence-corrected chi connectivity index (χ3v) is 7.42. The van der Waals surface area contributed by atoms with Crippen molar-refractivity contribution in [1.82, 2.24) is 24.4 Å². The molecule has 0 N–H and O–H groups in total. The zero-order chi connectivity index (χ0) is 28.9. The Morgan fingerprint density at radius 3 is 2.31 bits per heavy atom. The summed E-state index contributed by atoms with van der Waals surface area (Å²) in [5.74, 6) is 2.11. The van der Waals surface area contributed by atoms with Crippen LogP contribution in [0.15, 0.2) is 89.9 Å². The summed E-state index contributed by atoms with van der Waals surface area (Å²) >= 11 is 1.30. The molecule has 0 fully saturated rings. The first-order valence-electron chi connectivity index (χ1n) is 13.8. The van der Waals surface area contributed by atoms with Crippen LogP contribution in [0.3, 0.4) is 0 Å². The molecule has 0 radical (unpaired) electrons. The Kier molecular flexibility index (Phi) is 7.91. The normalized spacial score (nSPS) is 12.0.